The molecule has 1 unspecified atom stereocenters. The van der Waals surface area contributed by atoms with Crippen LogP contribution >= 0.6 is 11.3 Å². The highest BCUT2D eigenvalue weighted by atomic mass is 32.1. The van der Waals surface area contributed by atoms with Crippen LogP contribution in [0.25, 0.3) is 0 Å². The molecule has 0 radical (unpaired) electrons. The number of ketones is 1. The average Bonchev–Trinajstić information content (AvgIpc) is 2.98. The second kappa shape index (κ2) is 4.78. The zero-order chi connectivity index (χ0) is 12.6. The van der Waals surface area contributed by atoms with Crippen LogP contribution in [0.5, 0.6) is 0 Å². The van der Waals surface area contributed by atoms with Crippen LogP contribution in [0.2, 0.25) is 0 Å². The number of aryl methyl sites for hydroxylation is 1. The molecule has 2 heterocycles. The molecule has 1 aliphatic carbocycles. The summed E-state index contributed by atoms with van der Waals surface area (Å²) >= 11 is 1.63. The highest BCUT2D eigenvalue weighted by Crippen LogP contribution is 2.43. The fourth-order valence-corrected chi connectivity index (χ4v) is 4.29. The molecular formula is C15H20O2S. The van der Waals surface area contributed by atoms with Gasteiger partial charge in [0, 0.05) is 23.5 Å². The lowest BCUT2D eigenvalue weighted by molar-refractivity contribution is -0.0866. The Hall–Kier alpha value is -0.670. The number of Topliss-reactive ketones (excluding diaryl/α,β-unsaturated/α-hetero) is 1. The molecule has 1 atom stereocenters. The topological polar surface area (TPSA) is 26.3 Å². The Labute approximate surface area is 112 Å². The summed E-state index contributed by atoms with van der Waals surface area (Å²) in [6.45, 7) is 2.80. The molecule has 18 heavy (non-hydrogen) atoms. The van der Waals surface area contributed by atoms with Gasteiger partial charge in [0.2, 0.25) is 0 Å². The van der Waals surface area contributed by atoms with Crippen LogP contribution in [0.4, 0.5) is 0 Å². The van der Waals surface area contributed by atoms with Crippen LogP contribution in [0, 0.1) is 12.8 Å². The van der Waals surface area contributed by atoms with Crippen LogP contribution in [-0.4, -0.2) is 18.0 Å². The van der Waals surface area contributed by atoms with Gasteiger partial charge in [-0.05, 0) is 43.6 Å². The van der Waals surface area contributed by atoms with Crippen LogP contribution in [0.1, 0.15) is 54.4 Å². The molecule has 1 spiro atoms. The van der Waals surface area contributed by atoms with Crippen LogP contribution in [-0.2, 0) is 4.74 Å². The van der Waals surface area contributed by atoms with Crippen molar-refractivity contribution in [3.8, 4) is 0 Å². The normalized spacial score (nSPS) is 26.6. The predicted octanol–water partition coefficient (Wildman–Crippen LogP) is 3.98. The van der Waals surface area contributed by atoms with E-state index in [2.05, 4.69) is 5.38 Å². The smallest absolute Gasteiger partial charge is 0.167 e. The maximum atomic E-state index is 12.6. The van der Waals surface area contributed by atoms with E-state index in [9.17, 15) is 4.79 Å². The summed E-state index contributed by atoms with van der Waals surface area (Å²) in [5.74, 6) is 0.536. The van der Waals surface area contributed by atoms with Crippen LogP contribution < -0.4 is 0 Å². The molecule has 0 aromatic carbocycles. The van der Waals surface area contributed by atoms with Gasteiger partial charge in [-0.15, -0.1) is 0 Å². The Kier molecular flexibility index (Phi) is 3.29. The Morgan fingerprint density at radius 2 is 2.17 bits per heavy atom. The molecule has 1 saturated carbocycles. The van der Waals surface area contributed by atoms with Gasteiger partial charge in [0.05, 0.1) is 5.60 Å². The van der Waals surface area contributed by atoms with Crippen molar-refractivity contribution in [1.82, 2.24) is 0 Å². The molecule has 1 saturated heterocycles. The molecule has 1 aromatic heterocycles. The largest absolute Gasteiger partial charge is 0.375 e. The summed E-state index contributed by atoms with van der Waals surface area (Å²) in [7, 11) is 0. The van der Waals surface area contributed by atoms with Gasteiger partial charge in [-0.3, -0.25) is 4.79 Å². The lowest BCUT2D eigenvalue weighted by Gasteiger charge is -2.37. The molecule has 1 aromatic rings. The van der Waals surface area contributed by atoms with Crippen molar-refractivity contribution in [3.63, 3.8) is 0 Å². The van der Waals surface area contributed by atoms with E-state index in [1.54, 1.807) is 11.3 Å². The number of carbonyl (C=O) groups excluding carboxylic acids is 1. The highest BCUT2D eigenvalue weighted by molar-refractivity contribution is 7.08. The minimum Gasteiger partial charge on any atom is -0.375 e. The monoisotopic (exact) mass is 264 g/mol. The maximum Gasteiger partial charge on any atom is 0.167 e. The van der Waals surface area contributed by atoms with E-state index in [1.165, 1.54) is 12.8 Å². The number of thiophene rings is 1. The minimum atomic E-state index is 0.0441. The fraction of sp³-hybridized carbons (Fsp3) is 0.667. The molecule has 3 heteroatoms. The lowest BCUT2D eigenvalue weighted by atomic mass is 9.80. The SMILES string of the molecule is Cc1cscc1C(=O)C1CCOC2(CCCC2)C1. The molecule has 0 bridgehead atoms. The summed E-state index contributed by atoms with van der Waals surface area (Å²) in [5.41, 5.74) is 2.12. The molecular weight excluding hydrogens is 244 g/mol. The second-order valence-corrected chi connectivity index (χ2v) is 6.50. The Morgan fingerprint density at radius 3 is 2.83 bits per heavy atom. The third kappa shape index (κ3) is 2.14. The van der Waals surface area contributed by atoms with E-state index in [4.69, 9.17) is 4.74 Å². The highest BCUT2D eigenvalue weighted by Gasteiger charge is 2.42. The van der Waals surface area contributed by atoms with Gasteiger partial charge in [0.15, 0.2) is 5.78 Å². The lowest BCUT2D eigenvalue weighted by Crippen LogP contribution is -2.39. The number of carbonyl (C=O) groups is 1. The third-order valence-electron chi connectivity index (χ3n) is 4.50. The van der Waals surface area contributed by atoms with Gasteiger partial charge in [0.25, 0.3) is 0 Å². The van der Waals surface area contributed by atoms with E-state index in [1.807, 2.05) is 12.3 Å². The summed E-state index contributed by atoms with van der Waals surface area (Å²) in [6, 6.07) is 0. The first-order chi connectivity index (χ1) is 8.70. The van der Waals surface area contributed by atoms with Crippen LogP contribution in [0.15, 0.2) is 10.8 Å². The minimum absolute atomic E-state index is 0.0441. The number of ether oxygens (including phenoxy) is 1. The summed E-state index contributed by atoms with van der Waals surface area (Å²) < 4.78 is 6.00. The first-order valence-electron chi connectivity index (χ1n) is 6.91. The van der Waals surface area contributed by atoms with Gasteiger partial charge >= 0.3 is 0 Å². The van der Waals surface area contributed by atoms with Crippen molar-refractivity contribution < 1.29 is 9.53 Å². The molecule has 2 nitrogen and oxygen atoms in total. The van der Waals surface area contributed by atoms with Gasteiger partial charge in [-0.1, -0.05) is 12.8 Å². The van der Waals surface area contributed by atoms with E-state index in [-0.39, 0.29) is 11.5 Å². The molecule has 0 N–H and O–H groups in total. The molecule has 2 aliphatic rings. The first kappa shape index (κ1) is 12.4. The Balaban J connectivity index is 1.76. The van der Waals surface area contributed by atoms with Gasteiger partial charge < -0.3 is 4.74 Å². The predicted molar refractivity (Wildman–Crippen MR) is 73.3 cm³/mol. The van der Waals surface area contributed by atoms with Crippen molar-refractivity contribution in [2.75, 3.05) is 6.61 Å². The molecule has 3 rings (SSSR count). The Morgan fingerprint density at radius 1 is 1.39 bits per heavy atom. The molecule has 0 amide bonds. The summed E-state index contributed by atoms with van der Waals surface area (Å²) in [6.07, 6.45) is 6.67. The van der Waals surface area contributed by atoms with E-state index < -0.39 is 0 Å². The summed E-state index contributed by atoms with van der Waals surface area (Å²) in [5, 5.41) is 4.08. The van der Waals surface area contributed by atoms with Crippen molar-refractivity contribution in [2.24, 2.45) is 5.92 Å². The number of hydrogen-bond donors (Lipinski definition) is 0. The number of rotatable bonds is 2. The molecule has 2 fully saturated rings. The average molecular weight is 264 g/mol. The van der Waals surface area contributed by atoms with Crippen molar-refractivity contribution in [1.29, 1.82) is 0 Å². The second-order valence-electron chi connectivity index (χ2n) is 5.76. The standard InChI is InChI=1S/C15H20O2S/c1-11-9-18-10-13(11)14(16)12-4-7-17-15(8-12)5-2-3-6-15/h9-10,12H,2-8H2,1H3. The zero-order valence-electron chi connectivity index (χ0n) is 10.9. The van der Waals surface area contributed by atoms with E-state index in [0.29, 0.717) is 5.78 Å². The van der Waals surface area contributed by atoms with Crippen molar-refractivity contribution >= 4 is 17.1 Å². The quantitative estimate of drug-likeness (QED) is 0.755. The van der Waals surface area contributed by atoms with Gasteiger partial charge in [-0.2, -0.15) is 11.3 Å². The summed E-state index contributed by atoms with van der Waals surface area (Å²) in [4.78, 5) is 12.6. The molecule has 1 aliphatic heterocycles. The van der Waals surface area contributed by atoms with Gasteiger partial charge in [0.1, 0.15) is 0 Å². The zero-order valence-corrected chi connectivity index (χ0v) is 11.7. The number of hydrogen-bond acceptors (Lipinski definition) is 3. The Bertz CT molecular complexity index is 443. The first-order valence-corrected chi connectivity index (χ1v) is 7.85. The van der Waals surface area contributed by atoms with Crippen LogP contribution in [0.3, 0.4) is 0 Å². The maximum absolute atomic E-state index is 12.6. The third-order valence-corrected chi connectivity index (χ3v) is 5.36. The van der Waals surface area contributed by atoms with E-state index >= 15 is 0 Å². The molecule has 98 valence electrons. The van der Waals surface area contributed by atoms with E-state index in [0.717, 1.165) is 43.4 Å². The van der Waals surface area contributed by atoms with Gasteiger partial charge in [-0.25, -0.2) is 0 Å². The van der Waals surface area contributed by atoms with Crippen molar-refractivity contribution in [2.45, 2.75) is 51.0 Å². The fourth-order valence-electron chi connectivity index (χ4n) is 3.45. The van der Waals surface area contributed by atoms with Crippen molar-refractivity contribution in [3.05, 3.63) is 21.9 Å².